The van der Waals surface area contributed by atoms with Gasteiger partial charge in [-0.2, -0.15) is 0 Å². The molecule has 1 aromatic rings. The van der Waals surface area contributed by atoms with Gasteiger partial charge in [0.15, 0.2) is 0 Å². The first-order chi connectivity index (χ1) is 7.75. The lowest BCUT2D eigenvalue weighted by Crippen LogP contribution is -2.26. The van der Waals surface area contributed by atoms with Crippen molar-refractivity contribution in [3.8, 4) is 0 Å². The van der Waals surface area contributed by atoms with Gasteiger partial charge in [-0.25, -0.2) is 0 Å². The average Bonchev–Trinajstić information content (AvgIpc) is 2.37. The third-order valence-electron chi connectivity index (χ3n) is 3.43. The van der Waals surface area contributed by atoms with Crippen LogP contribution in [0.4, 0.5) is 0 Å². The molecule has 0 unspecified atom stereocenters. The van der Waals surface area contributed by atoms with Crippen LogP contribution < -0.4 is 0 Å². The molecular weight excluding hydrogens is 214 g/mol. The Kier molecular flexibility index (Phi) is 3.38. The fraction of sp³-hybridized carbons (Fsp3) is 0.500. The van der Waals surface area contributed by atoms with E-state index >= 15 is 0 Å². The molecular formula is C14H19NS. The van der Waals surface area contributed by atoms with Crippen molar-refractivity contribution in [2.75, 3.05) is 0 Å². The summed E-state index contributed by atoms with van der Waals surface area (Å²) < 4.78 is 0. The Morgan fingerprint density at radius 2 is 1.81 bits per heavy atom. The summed E-state index contributed by atoms with van der Waals surface area (Å²) in [7, 11) is 0. The molecule has 0 amide bonds. The lowest BCUT2D eigenvalue weighted by Gasteiger charge is -2.34. The Morgan fingerprint density at radius 3 is 2.44 bits per heavy atom. The second-order valence-corrected chi connectivity index (χ2v) is 5.31. The van der Waals surface area contributed by atoms with Crippen LogP contribution in [0, 0.1) is 0 Å². The summed E-state index contributed by atoms with van der Waals surface area (Å²) in [6, 6.07) is 8.72. The molecule has 86 valence electrons. The number of benzene rings is 1. The van der Waals surface area contributed by atoms with Gasteiger partial charge in [-0.1, -0.05) is 50.7 Å². The predicted molar refractivity (Wildman–Crippen MR) is 72.3 cm³/mol. The molecule has 0 N–H and O–H groups in total. The number of aliphatic imine (C=N–C) groups is 1. The highest BCUT2D eigenvalue weighted by atomic mass is 32.2. The van der Waals surface area contributed by atoms with Crippen LogP contribution in [0.2, 0.25) is 0 Å². The molecule has 1 heterocycles. The van der Waals surface area contributed by atoms with E-state index in [1.165, 1.54) is 15.5 Å². The van der Waals surface area contributed by atoms with E-state index in [-0.39, 0.29) is 5.54 Å². The number of nitrogens with zero attached hydrogens (tertiary/aromatic N) is 1. The van der Waals surface area contributed by atoms with Crippen molar-refractivity contribution in [2.45, 2.75) is 50.5 Å². The Hall–Kier alpha value is -0.760. The largest absolute Gasteiger partial charge is 0.271 e. The molecule has 0 bridgehead atoms. The van der Waals surface area contributed by atoms with E-state index in [0.717, 1.165) is 19.3 Å². The second-order valence-electron chi connectivity index (χ2n) is 4.20. The summed E-state index contributed by atoms with van der Waals surface area (Å²) in [6.07, 6.45) is 3.22. The molecule has 2 heteroatoms. The monoisotopic (exact) mass is 233 g/mol. The molecule has 0 saturated carbocycles. The number of hydrogen-bond donors (Lipinski definition) is 0. The number of hydrogen-bond acceptors (Lipinski definition) is 2. The van der Waals surface area contributed by atoms with E-state index in [1.54, 1.807) is 0 Å². The standard InChI is InChI=1S/C14H19NS/c1-4-13-15-14(5-2,6-3)11-9-7-8-10-12(11)16-13/h7-10H,4-6H2,1-3H3. The summed E-state index contributed by atoms with van der Waals surface area (Å²) >= 11 is 1.84. The molecule has 0 radical (unpaired) electrons. The lowest BCUT2D eigenvalue weighted by molar-refractivity contribution is 0.408. The minimum atomic E-state index is 0.0349. The van der Waals surface area contributed by atoms with Gasteiger partial charge in [0.25, 0.3) is 0 Å². The lowest BCUT2D eigenvalue weighted by atomic mass is 9.85. The molecule has 2 rings (SSSR count). The Bertz CT molecular complexity index is 405. The predicted octanol–water partition coefficient (Wildman–Crippen LogP) is 4.62. The van der Waals surface area contributed by atoms with Crippen LogP contribution >= 0.6 is 11.8 Å². The van der Waals surface area contributed by atoms with Crippen LogP contribution in [-0.4, -0.2) is 5.04 Å². The Morgan fingerprint density at radius 1 is 1.12 bits per heavy atom. The molecule has 0 atom stereocenters. The summed E-state index contributed by atoms with van der Waals surface area (Å²) in [5, 5.41) is 1.28. The minimum Gasteiger partial charge on any atom is -0.271 e. The van der Waals surface area contributed by atoms with Crippen LogP contribution in [-0.2, 0) is 5.54 Å². The van der Waals surface area contributed by atoms with E-state index < -0.39 is 0 Å². The summed E-state index contributed by atoms with van der Waals surface area (Å²) in [5.74, 6) is 0. The molecule has 0 fully saturated rings. The van der Waals surface area contributed by atoms with E-state index in [2.05, 4.69) is 45.0 Å². The molecule has 1 aromatic carbocycles. The van der Waals surface area contributed by atoms with Gasteiger partial charge >= 0.3 is 0 Å². The van der Waals surface area contributed by atoms with Crippen molar-refractivity contribution in [2.24, 2.45) is 4.99 Å². The SMILES string of the molecule is CCC1=NC(CC)(CC)c2ccccc2S1. The van der Waals surface area contributed by atoms with E-state index in [1.807, 2.05) is 11.8 Å². The fourth-order valence-corrected chi connectivity index (χ4v) is 3.46. The van der Waals surface area contributed by atoms with Crippen molar-refractivity contribution < 1.29 is 0 Å². The van der Waals surface area contributed by atoms with Gasteiger partial charge in [0.1, 0.15) is 0 Å². The van der Waals surface area contributed by atoms with Crippen LogP contribution in [0.3, 0.4) is 0 Å². The van der Waals surface area contributed by atoms with Gasteiger partial charge in [-0.3, -0.25) is 4.99 Å². The molecule has 0 aliphatic carbocycles. The summed E-state index contributed by atoms with van der Waals surface area (Å²) in [5.41, 5.74) is 1.45. The zero-order valence-corrected chi connectivity index (χ0v) is 11.1. The molecule has 1 aliphatic rings. The van der Waals surface area contributed by atoms with Crippen molar-refractivity contribution in [3.05, 3.63) is 29.8 Å². The van der Waals surface area contributed by atoms with Crippen LogP contribution in [0.1, 0.15) is 45.6 Å². The molecule has 0 saturated heterocycles. The zero-order chi connectivity index (χ0) is 11.6. The highest BCUT2D eigenvalue weighted by Crippen LogP contribution is 2.44. The molecule has 1 nitrogen and oxygen atoms in total. The van der Waals surface area contributed by atoms with Gasteiger partial charge in [0, 0.05) is 4.90 Å². The quantitative estimate of drug-likeness (QED) is 0.742. The molecule has 16 heavy (non-hydrogen) atoms. The van der Waals surface area contributed by atoms with Gasteiger partial charge in [0.2, 0.25) is 0 Å². The highest BCUT2D eigenvalue weighted by Gasteiger charge is 2.33. The van der Waals surface area contributed by atoms with Crippen molar-refractivity contribution in [1.82, 2.24) is 0 Å². The Balaban J connectivity index is 2.55. The third-order valence-corrected chi connectivity index (χ3v) is 4.62. The van der Waals surface area contributed by atoms with E-state index in [4.69, 9.17) is 4.99 Å². The number of rotatable bonds is 3. The normalized spacial score (nSPS) is 17.8. The fourth-order valence-electron chi connectivity index (χ4n) is 2.33. The van der Waals surface area contributed by atoms with Crippen molar-refractivity contribution in [3.63, 3.8) is 0 Å². The van der Waals surface area contributed by atoms with E-state index in [9.17, 15) is 0 Å². The van der Waals surface area contributed by atoms with Gasteiger partial charge in [0.05, 0.1) is 10.6 Å². The summed E-state index contributed by atoms with van der Waals surface area (Å²) in [6.45, 7) is 6.68. The first kappa shape index (κ1) is 11.7. The molecule has 0 spiro atoms. The summed E-state index contributed by atoms with van der Waals surface area (Å²) in [4.78, 5) is 6.39. The first-order valence-corrected chi connectivity index (χ1v) is 6.93. The molecule has 0 aromatic heterocycles. The maximum absolute atomic E-state index is 4.99. The Labute approximate surface area is 102 Å². The third kappa shape index (κ3) is 1.80. The van der Waals surface area contributed by atoms with Gasteiger partial charge in [-0.15, -0.1) is 0 Å². The highest BCUT2D eigenvalue weighted by molar-refractivity contribution is 8.14. The van der Waals surface area contributed by atoms with Gasteiger partial charge < -0.3 is 0 Å². The minimum absolute atomic E-state index is 0.0349. The van der Waals surface area contributed by atoms with Crippen LogP contribution in [0.15, 0.2) is 34.2 Å². The number of fused-ring (bicyclic) bond motifs is 1. The second kappa shape index (κ2) is 4.62. The number of thioether (sulfide) groups is 1. The van der Waals surface area contributed by atoms with Gasteiger partial charge in [-0.05, 0) is 30.9 Å². The maximum Gasteiger partial charge on any atom is 0.0871 e. The maximum atomic E-state index is 4.99. The zero-order valence-electron chi connectivity index (χ0n) is 10.3. The van der Waals surface area contributed by atoms with E-state index in [0.29, 0.717) is 0 Å². The van der Waals surface area contributed by atoms with Crippen LogP contribution in [0.25, 0.3) is 0 Å². The average molecular weight is 233 g/mol. The van der Waals surface area contributed by atoms with Crippen LogP contribution in [0.5, 0.6) is 0 Å². The van der Waals surface area contributed by atoms with Crippen molar-refractivity contribution >= 4 is 16.8 Å². The molecule has 1 aliphatic heterocycles. The topological polar surface area (TPSA) is 12.4 Å². The smallest absolute Gasteiger partial charge is 0.0871 e. The first-order valence-electron chi connectivity index (χ1n) is 6.11. The van der Waals surface area contributed by atoms with Crippen molar-refractivity contribution in [1.29, 1.82) is 0 Å².